The van der Waals surface area contributed by atoms with Gasteiger partial charge < -0.3 is 5.32 Å². The van der Waals surface area contributed by atoms with Crippen molar-refractivity contribution in [3.05, 3.63) is 0 Å². The Morgan fingerprint density at radius 2 is 2.06 bits per heavy atom. The number of carbonyl (C=O) groups excluding carboxylic acids is 2. The first-order valence-electron chi connectivity index (χ1n) is 5.97. The minimum Gasteiger partial charge on any atom is -0.352 e. The van der Waals surface area contributed by atoms with Crippen LogP contribution in [0.3, 0.4) is 0 Å². The summed E-state index contributed by atoms with van der Waals surface area (Å²) in [5.41, 5.74) is 2.21. The molecular formula is C11H22N4O2. The summed E-state index contributed by atoms with van der Waals surface area (Å²) in [6.07, 6.45) is 0.876. The highest BCUT2D eigenvalue weighted by molar-refractivity contribution is 5.81. The Labute approximate surface area is 102 Å². The van der Waals surface area contributed by atoms with Gasteiger partial charge in [0.15, 0.2) is 0 Å². The van der Waals surface area contributed by atoms with Crippen LogP contribution in [-0.4, -0.2) is 41.9 Å². The molecule has 4 N–H and O–H groups in total. The highest BCUT2D eigenvalue weighted by atomic mass is 16.2. The first-order valence-corrected chi connectivity index (χ1v) is 5.97. The Morgan fingerprint density at radius 1 is 1.41 bits per heavy atom. The van der Waals surface area contributed by atoms with Gasteiger partial charge in [-0.2, -0.15) is 0 Å². The van der Waals surface area contributed by atoms with Crippen LogP contribution >= 0.6 is 0 Å². The minimum atomic E-state index is -0.223. The number of hydrogen-bond donors (Lipinski definition) is 3. The maximum absolute atomic E-state index is 11.7. The summed E-state index contributed by atoms with van der Waals surface area (Å²) in [6, 6.07) is -0.0851. The maximum Gasteiger partial charge on any atom is 0.251 e. The molecule has 0 aliphatic carbocycles. The molecule has 1 aliphatic rings. The molecule has 0 radical (unpaired) electrons. The first kappa shape index (κ1) is 13.9. The van der Waals surface area contributed by atoms with Gasteiger partial charge in [0, 0.05) is 26.1 Å². The van der Waals surface area contributed by atoms with Crippen LogP contribution in [0.1, 0.15) is 27.2 Å². The highest BCUT2D eigenvalue weighted by Gasteiger charge is 2.34. The van der Waals surface area contributed by atoms with Crippen molar-refractivity contribution in [2.75, 3.05) is 13.1 Å². The molecule has 0 bridgehead atoms. The van der Waals surface area contributed by atoms with Crippen LogP contribution in [0.2, 0.25) is 0 Å². The summed E-state index contributed by atoms with van der Waals surface area (Å²) in [5, 5.41) is 2.88. The van der Waals surface area contributed by atoms with E-state index in [2.05, 4.69) is 15.6 Å². The molecule has 0 aromatic rings. The third-order valence-electron chi connectivity index (χ3n) is 3.06. The predicted octanol–water partition coefficient (Wildman–Crippen LogP) is -0.789. The van der Waals surface area contributed by atoms with Crippen LogP contribution in [0.5, 0.6) is 0 Å². The molecule has 0 saturated carbocycles. The Morgan fingerprint density at radius 3 is 2.53 bits per heavy atom. The maximum atomic E-state index is 11.7. The van der Waals surface area contributed by atoms with Crippen LogP contribution in [0.15, 0.2) is 0 Å². The standard InChI is InChI=1S/C11H22N4O2/c1-7(2)10(11(17)14-12)15-5-4-9(6-15)13-8(3)16/h7,9-10H,4-6,12H2,1-3H3,(H,13,16)(H,14,17). The number of nitrogens with two attached hydrogens (primary N) is 1. The number of hydrogen-bond acceptors (Lipinski definition) is 4. The molecule has 98 valence electrons. The zero-order chi connectivity index (χ0) is 13.0. The second-order valence-electron chi connectivity index (χ2n) is 4.88. The van der Waals surface area contributed by atoms with Crippen molar-refractivity contribution in [1.82, 2.24) is 15.6 Å². The molecule has 0 aromatic carbocycles. The van der Waals surface area contributed by atoms with Crippen molar-refractivity contribution in [3.63, 3.8) is 0 Å². The molecule has 6 heteroatoms. The molecule has 6 nitrogen and oxygen atoms in total. The molecular weight excluding hydrogens is 220 g/mol. The number of likely N-dealkylation sites (tertiary alicyclic amines) is 1. The summed E-state index contributed by atoms with van der Waals surface area (Å²) >= 11 is 0. The number of hydrazine groups is 1. The first-order chi connectivity index (χ1) is 7.95. The summed E-state index contributed by atoms with van der Waals surface area (Å²) < 4.78 is 0. The quantitative estimate of drug-likeness (QED) is 0.342. The average molecular weight is 242 g/mol. The van der Waals surface area contributed by atoms with E-state index in [-0.39, 0.29) is 29.8 Å². The van der Waals surface area contributed by atoms with E-state index in [1.165, 1.54) is 6.92 Å². The monoisotopic (exact) mass is 242 g/mol. The van der Waals surface area contributed by atoms with E-state index in [1.807, 2.05) is 13.8 Å². The molecule has 1 fully saturated rings. The van der Waals surface area contributed by atoms with Crippen LogP contribution in [0, 0.1) is 5.92 Å². The fourth-order valence-electron chi connectivity index (χ4n) is 2.42. The third kappa shape index (κ3) is 3.67. The van der Waals surface area contributed by atoms with Gasteiger partial charge in [-0.1, -0.05) is 13.8 Å². The summed E-state index contributed by atoms with van der Waals surface area (Å²) in [5.74, 6) is 5.20. The molecule has 17 heavy (non-hydrogen) atoms. The van der Waals surface area contributed by atoms with Gasteiger partial charge in [0.2, 0.25) is 5.91 Å². The zero-order valence-corrected chi connectivity index (χ0v) is 10.7. The fraction of sp³-hybridized carbons (Fsp3) is 0.818. The van der Waals surface area contributed by atoms with Crippen LogP contribution in [0.25, 0.3) is 0 Å². The molecule has 2 amide bonds. The number of rotatable bonds is 4. The average Bonchev–Trinajstić information content (AvgIpc) is 2.64. The lowest BCUT2D eigenvalue weighted by molar-refractivity contribution is -0.127. The highest BCUT2D eigenvalue weighted by Crippen LogP contribution is 2.18. The van der Waals surface area contributed by atoms with Crippen molar-refractivity contribution in [2.24, 2.45) is 11.8 Å². The van der Waals surface area contributed by atoms with Gasteiger partial charge in [-0.3, -0.25) is 19.9 Å². The van der Waals surface area contributed by atoms with Gasteiger partial charge >= 0.3 is 0 Å². The van der Waals surface area contributed by atoms with Crippen molar-refractivity contribution in [1.29, 1.82) is 0 Å². The topological polar surface area (TPSA) is 87.5 Å². The van der Waals surface area contributed by atoms with Crippen molar-refractivity contribution >= 4 is 11.8 Å². The second-order valence-corrected chi connectivity index (χ2v) is 4.88. The number of nitrogens with zero attached hydrogens (tertiary/aromatic N) is 1. The Kier molecular flexibility index (Phi) is 4.89. The molecule has 1 aliphatic heterocycles. The van der Waals surface area contributed by atoms with Gasteiger partial charge in [0.1, 0.15) is 0 Å². The third-order valence-corrected chi connectivity index (χ3v) is 3.06. The van der Waals surface area contributed by atoms with Crippen molar-refractivity contribution < 1.29 is 9.59 Å². The zero-order valence-electron chi connectivity index (χ0n) is 10.7. The van der Waals surface area contributed by atoms with Crippen molar-refractivity contribution in [3.8, 4) is 0 Å². The number of amides is 2. The lowest BCUT2D eigenvalue weighted by Gasteiger charge is -2.29. The minimum absolute atomic E-state index is 0.0266. The smallest absolute Gasteiger partial charge is 0.251 e. The SMILES string of the molecule is CC(=O)NC1CCN(C(C(=O)NN)C(C)C)C1. The molecule has 1 heterocycles. The molecule has 1 rings (SSSR count). The lowest BCUT2D eigenvalue weighted by Crippen LogP contribution is -2.51. The van der Waals surface area contributed by atoms with E-state index in [4.69, 9.17) is 5.84 Å². The van der Waals surface area contributed by atoms with Gasteiger partial charge in [0.05, 0.1) is 6.04 Å². The molecule has 0 aromatic heterocycles. The molecule has 0 spiro atoms. The van der Waals surface area contributed by atoms with Crippen LogP contribution < -0.4 is 16.6 Å². The van der Waals surface area contributed by atoms with E-state index < -0.39 is 0 Å². The Bertz CT molecular complexity index is 293. The van der Waals surface area contributed by atoms with E-state index in [0.717, 1.165) is 13.0 Å². The molecule has 2 atom stereocenters. The van der Waals surface area contributed by atoms with Gasteiger partial charge in [-0.15, -0.1) is 0 Å². The number of nitrogens with one attached hydrogen (secondary N) is 2. The lowest BCUT2D eigenvalue weighted by atomic mass is 10.0. The van der Waals surface area contributed by atoms with E-state index in [9.17, 15) is 9.59 Å². The molecule has 1 saturated heterocycles. The summed E-state index contributed by atoms with van der Waals surface area (Å²) in [7, 11) is 0. The van der Waals surface area contributed by atoms with Crippen molar-refractivity contribution in [2.45, 2.75) is 39.3 Å². The van der Waals surface area contributed by atoms with Crippen LogP contribution in [0.4, 0.5) is 0 Å². The van der Waals surface area contributed by atoms with Gasteiger partial charge in [0.25, 0.3) is 5.91 Å². The van der Waals surface area contributed by atoms with E-state index in [0.29, 0.717) is 6.54 Å². The largest absolute Gasteiger partial charge is 0.352 e. The second kappa shape index (κ2) is 5.97. The Hall–Kier alpha value is -1.14. The van der Waals surface area contributed by atoms with Gasteiger partial charge in [-0.05, 0) is 12.3 Å². The van der Waals surface area contributed by atoms with Gasteiger partial charge in [-0.25, -0.2) is 5.84 Å². The summed E-state index contributed by atoms with van der Waals surface area (Å²) in [4.78, 5) is 24.8. The van der Waals surface area contributed by atoms with E-state index >= 15 is 0 Å². The normalized spacial score (nSPS) is 22.5. The molecule has 2 unspecified atom stereocenters. The van der Waals surface area contributed by atoms with E-state index in [1.54, 1.807) is 0 Å². The van der Waals surface area contributed by atoms with Crippen LogP contribution in [-0.2, 0) is 9.59 Å². The summed E-state index contributed by atoms with van der Waals surface area (Å²) in [6.45, 7) is 7.00. The fourth-order valence-corrected chi connectivity index (χ4v) is 2.42. The predicted molar refractivity (Wildman–Crippen MR) is 64.8 cm³/mol. The number of carbonyl (C=O) groups is 2. The Balaban J connectivity index is 2.60.